The molecule has 0 aliphatic rings. The second-order valence-corrected chi connectivity index (χ2v) is 3.23. The van der Waals surface area contributed by atoms with E-state index in [-0.39, 0.29) is 0 Å². The third-order valence-electron chi connectivity index (χ3n) is 1.09. The number of hydrogen-bond acceptors (Lipinski definition) is 3. The van der Waals surface area contributed by atoms with Crippen LogP contribution in [0.5, 0.6) is 0 Å². The minimum Gasteiger partial charge on any atom is -0.450 e. The zero-order valence-electron chi connectivity index (χ0n) is 5.52. The van der Waals surface area contributed by atoms with Crippen molar-refractivity contribution in [2.45, 2.75) is 5.09 Å². The second-order valence-electron chi connectivity index (χ2n) is 1.88. The van der Waals surface area contributed by atoms with Crippen molar-refractivity contribution in [3.63, 3.8) is 0 Å². The fourth-order valence-electron chi connectivity index (χ4n) is 0.573. The van der Waals surface area contributed by atoms with E-state index in [1.54, 1.807) is 0 Å². The lowest BCUT2D eigenvalue weighted by Gasteiger charge is -1.84. The van der Waals surface area contributed by atoms with Crippen LogP contribution in [0.3, 0.4) is 0 Å². The molecule has 0 fully saturated rings. The highest BCUT2D eigenvalue weighted by Gasteiger charge is 2.13. The molecule has 0 atom stereocenters. The van der Waals surface area contributed by atoms with Gasteiger partial charge in [-0.1, -0.05) is 12.7 Å². The van der Waals surface area contributed by atoms with Gasteiger partial charge in [0.15, 0.2) is 0 Å². The van der Waals surface area contributed by atoms with Crippen molar-refractivity contribution in [1.82, 2.24) is 0 Å². The first-order valence-electron chi connectivity index (χ1n) is 2.72. The second kappa shape index (κ2) is 2.52. The number of furan rings is 1. The van der Waals surface area contributed by atoms with Gasteiger partial charge < -0.3 is 4.42 Å². The van der Waals surface area contributed by atoms with Crippen molar-refractivity contribution in [3.8, 4) is 0 Å². The summed E-state index contributed by atoms with van der Waals surface area (Å²) in [5, 5.41) is -0.465. The molecule has 1 heterocycles. The molecule has 0 radical (unpaired) electrons. The van der Waals surface area contributed by atoms with E-state index in [1.807, 2.05) is 0 Å². The normalized spacial score (nSPS) is 11.4. The average molecular weight is 174 g/mol. The van der Waals surface area contributed by atoms with Crippen LogP contribution in [-0.2, 0) is 10.1 Å². The van der Waals surface area contributed by atoms with E-state index in [1.165, 1.54) is 18.4 Å². The van der Waals surface area contributed by atoms with E-state index >= 15 is 0 Å². The maximum Gasteiger partial charge on any atom is 0.328 e. The van der Waals surface area contributed by atoms with Gasteiger partial charge in [0.2, 0.25) is 5.09 Å². The van der Waals surface area contributed by atoms with Crippen molar-refractivity contribution < 1.29 is 17.4 Å². The molecule has 0 saturated heterocycles. The van der Waals surface area contributed by atoms with Crippen LogP contribution in [-0.4, -0.2) is 13.0 Å². The highest BCUT2D eigenvalue weighted by atomic mass is 32.2. The van der Waals surface area contributed by atoms with Gasteiger partial charge in [-0.15, -0.1) is 0 Å². The lowest BCUT2D eigenvalue weighted by Crippen LogP contribution is -1.94. The first-order valence-corrected chi connectivity index (χ1v) is 4.16. The van der Waals surface area contributed by atoms with E-state index in [2.05, 4.69) is 11.0 Å². The summed E-state index contributed by atoms with van der Waals surface area (Å²) in [4.78, 5) is 0. The Bertz CT molecular complexity index is 360. The van der Waals surface area contributed by atoms with Crippen LogP contribution in [0, 0.1) is 0 Å². The Balaban J connectivity index is 3.18. The van der Waals surface area contributed by atoms with E-state index in [0.717, 1.165) is 0 Å². The van der Waals surface area contributed by atoms with E-state index < -0.39 is 15.2 Å². The highest BCUT2D eigenvalue weighted by molar-refractivity contribution is 7.85. The third kappa shape index (κ3) is 1.69. The fraction of sp³-hybridized carbons (Fsp3) is 0. The SMILES string of the molecule is C=Cc1coc(S(=O)(=O)O)c1. The predicted molar refractivity (Wildman–Crippen MR) is 38.6 cm³/mol. The van der Waals surface area contributed by atoms with Gasteiger partial charge in [0.1, 0.15) is 0 Å². The molecular formula is C6H6O4S. The van der Waals surface area contributed by atoms with Crippen LogP contribution in [0.2, 0.25) is 0 Å². The minimum atomic E-state index is -4.21. The first-order chi connectivity index (χ1) is 5.04. The maximum atomic E-state index is 10.4. The lowest BCUT2D eigenvalue weighted by atomic mass is 10.3. The molecule has 0 aliphatic carbocycles. The molecule has 1 rings (SSSR count). The zero-order valence-corrected chi connectivity index (χ0v) is 6.34. The predicted octanol–water partition coefficient (Wildman–Crippen LogP) is 1.17. The summed E-state index contributed by atoms with van der Waals surface area (Å²) in [6.07, 6.45) is 2.61. The molecule has 11 heavy (non-hydrogen) atoms. The molecule has 1 N–H and O–H groups in total. The van der Waals surface area contributed by atoms with Crippen molar-refractivity contribution >= 4 is 16.2 Å². The summed E-state index contributed by atoms with van der Waals surface area (Å²) in [6, 6.07) is 1.18. The standard InChI is InChI=1S/C6H6O4S/c1-2-5-3-6(10-4-5)11(7,8)9/h2-4H,1H2,(H,7,8,9). The largest absolute Gasteiger partial charge is 0.450 e. The molecule has 0 saturated carbocycles. The minimum absolute atomic E-state index is 0.465. The summed E-state index contributed by atoms with van der Waals surface area (Å²) in [6.45, 7) is 3.39. The Morgan fingerprint density at radius 2 is 2.27 bits per heavy atom. The molecule has 1 aromatic rings. The van der Waals surface area contributed by atoms with Gasteiger partial charge in [0.25, 0.3) is 0 Å². The highest BCUT2D eigenvalue weighted by Crippen LogP contribution is 2.13. The zero-order chi connectivity index (χ0) is 8.48. The van der Waals surface area contributed by atoms with Crippen LogP contribution < -0.4 is 0 Å². The Morgan fingerprint density at radius 3 is 2.55 bits per heavy atom. The molecule has 1 aromatic heterocycles. The fourth-order valence-corrected chi connectivity index (χ4v) is 1.03. The third-order valence-corrected chi connectivity index (χ3v) is 1.81. The smallest absolute Gasteiger partial charge is 0.328 e. The van der Waals surface area contributed by atoms with Gasteiger partial charge in [-0.3, -0.25) is 4.55 Å². The molecule has 0 bridgehead atoms. The molecular weight excluding hydrogens is 168 g/mol. The molecule has 60 valence electrons. The van der Waals surface area contributed by atoms with Gasteiger partial charge in [0.05, 0.1) is 6.26 Å². The van der Waals surface area contributed by atoms with Crippen molar-refractivity contribution in [3.05, 3.63) is 24.5 Å². The van der Waals surface area contributed by atoms with Crippen LogP contribution in [0.25, 0.3) is 6.08 Å². The monoisotopic (exact) mass is 174 g/mol. The van der Waals surface area contributed by atoms with Crippen molar-refractivity contribution in [1.29, 1.82) is 0 Å². The molecule has 0 unspecified atom stereocenters. The first kappa shape index (κ1) is 8.03. The Morgan fingerprint density at radius 1 is 1.64 bits per heavy atom. The summed E-state index contributed by atoms with van der Waals surface area (Å²) in [5.74, 6) is 0. The molecule has 0 spiro atoms. The maximum absolute atomic E-state index is 10.4. The summed E-state index contributed by atoms with van der Waals surface area (Å²) >= 11 is 0. The van der Waals surface area contributed by atoms with Crippen LogP contribution in [0.15, 0.2) is 28.4 Å². The van der Waals surface area contributed by atoms with Crippen LogP contribution >= 0.6 is 0 Å². The van der Waals surface area contributed by atoms with Crippen LogP contribution in [0.1, 0.15) is 5.56 Å². The number of hydrogen-bond donors (Lipinski definition) is 1. The van der Waals surface area contributed by atoms with Gasteiger partial charge >= 0.3 is 10.1 Å². The van der Waals surface area contributed by atoms with E-state index in [0.29, 0.717) is 5.56 Å². The summed E-state index contributed by atoms with van der Waals surface area (Å²) in [5.41, 5.74) is 0.512. The number of rotatable bonds is 2. The Kier molecular flexibility index (Phi) is 1.84. The average Bonchev–Trinajstić information content (AvgIpc) is 2.32. The van der Waals surface area contributed by atoms with Crippen LogP contribution in [0.4, 0.5) is 0 Å². The Labute approximate surface area is 63.9 Å². The van der Waals surface area contributed by atoms with Crippen molar-refractivity contribution in [2.75, 3.05) is 0 Å². The summed E-state index contributed by atoms with van der Waals surface area (Å²) < 4.78 is 33.7. The van der Waals surface area contributed by atoms with Gasteiger partial charge in [0, 0.05) is 11.6 Å². The molecule has 0 aromatic carbocycles. The van der Waals surface area contributed by atoms with Gasteiger partial charge in [-0.2, -0.15) is 8.42 Å². The lowest BCUT2D eigenvalue weighted by molar-refractivity contribution is 0.407. The van der Waals surface area contributed by atoms with E-state index in [9.17, 15) is 8.42 Å². The van der Waals surface area contributed by atoms with Gasteiger partial charge in [-0.05, 0) is 0 Å². The molecule has 4 nitrogen and oxygen atoms in total. The van der Waals surface area contributed by atoms with E-state index in [4.69, 9.17) is 4.55 Å². The quantitative estimate of drug-likeness (QED) is 0.683. The topological polar surface area (TPSA) is 67.5 Å². The molecule has 0 aliphatic heterocycles. The summed E-state index contributed by atoms with van der Waals surface area (Å²) in [7, 11) is -4.21. The Hall–Kier alpha value is -1.07. The molecule has 5 heteroatoms. The molecule has 0 amide bonds. The van der Waals surface area contributed by atoms with Crippen molar-refractivity contribution in [2.24, 2.45) is 0 Å². The van der Waals surface area contributed by atoms with Gasteiger partial charge in [-0.25, -0.2) is 0 Å².